The molecule has 1 saturated heterocycles. The van der Waals surface area contributed by atoms with Gasteiger partial charge >= 0.3 is 0 Å². The third kappa shape index (κ3) is 5.58. The van der Waals surface area contributed by atoms with Gasteiger partial charge in [0.2, 0.25) is 10.0 Å². The molecule has 1 aliphatic rings. The molecule has 0 aliphatic carbocycles. The normalized spacial score (nSPS) is 17.0. The molecule has 2 heterocycles. The van der Waals surface area contributed by atoms with E-state index in [9.17, 15) is 8.42 Å². The Labute approximate surface area is 200 Å². The van der Waals surface area contributed by atoms with Crippen LogP contribution in [0.25, 0.3) is 0 Å². The van der Waals surface area contributed by atoms with Crippen molar-refractivity contribution in [2.24, 2.45) is 0 Å². The molecule has 3 aromatic rings. The van der Waals surface area contributed by atoms with Crippen LogP contribution in [0.5, 0.6) is 5.75 Å². The van der Waals surface area contributed by atoms with Crippen molar-refractivity contribution in [3.05, 3.63) is 76.5 Å². The van der Waals surface area contributed by atoms with E-state index in [1.54, 1.807) is 30.6 Å². The standard InChI is InChI=1S/C25H31N3O3S2/c1-19-6-12-23(13-7-19)33(29,30)26-20(2)25(24-5-4-18-32-24)28-16-14-27(15-17-28)21-8-10-22(31-3)11-9-21/h4-13,18,20,25-26H,14-17H2,1-3H3/t20-,25-/m0/s1. The fraction of sp³-hybridized carbons (Fsp3) is 0.360. The quantitative estimate of drug-likeness (QED) is 0.516. The Bertz CT molecular complexity index is 1120. The van der Waals surface area contributed by atoms with Gasteiger partial charge in [0.25, 0.3) is 0 Å². The minimum absolute atomic E-state index is 0.0248. The highest BCUT2D eigenvalue weighted by atomic mass is 32.2. The predicted octanol–water partition coefficient (Wildman–Crippen LogP) is 4.30. The van der Waals surface area contributed by atoms with Crippen molar-refractivity contribution in [1.29, 1.82) is 0 Å². The summed E-state index contributed by atoms with van der Waals surface area (Å²) in [5.74, 6) is 0.852. The fourth-order valence-electron chi connectivity index (χ4n) is 4.35. The van der Waals surface area contributed by atoms with Crippen LogP contribution in [0.3, 0.4) is 0 Å². The average Bonchev–Trinajstić information content (AvgIpc) is 3.34. The Morgan fingerprint density at radius 3 is 2.21 bits per heavy atom. The van der Waals surface area contributed by atoms with Crippen LogP contribution in [0.2, 0.25) is 0 Å². The summed E-state index contributed by atoms with van der Waals surface area (Å²) in [6.07, 6.45) is 0. The van der Waals surface area contributed by atoms with E-state index >= 15 is 0 Å². The van der Waals surface area contributed by atoms with Crippen LogP contribution in [0.1, 0.15) is 23.4 Å². The van der Waals surface area contributed by atoms with E-state index in [1.807, 2.05) is 44.2 Å². The number of benzene rings is 2. The maximum atomic E-state index is 13.1. The zero-order valence-corrected chi connectivity index (χ0v) is 20.9. The smallest absolute Gasteiger partial charge is 0.240 e. The Morgan fingerprint density at radius 1 is 0.970 bits per heavy atom. The van der Waals surface area contributed by atoms with Crippen molar-refractivity contribution >= 4 is 27.0 Å². The third-order valence-corrected chi connectivity index (χ3v) is 8.64. The Kier molecular flexibility index (Phi) is 7.38. The molecule has 2 atom stereocenters. The van der Waals surface area contributed by atoms with Gasteiger partial charge in [-0.25, -0.2) is 13.1 Å². The van der Waals surface area contributed by atoms with Crippen LogP contribution < -0.4 is 14.4 Å². The first-order valence-electron chi connectivity index (χ1n) is 11.1. The molecule has 0 saturated carbocycles. The highest BCUT2D eigenvalue weighted by Crippen LogP contribution is 2.31. The highest BCUT2D eigenvalue weighted by Gasteiger charge is 2.32. The van der Waals surface area contributed by atoms with E-state index in [-0.39, 0.29) is 12.1 Å². The van der Waals surface area contributed by atoms with Crippen molar-refractivity contribution in [2.75, 3.05) is 38.2 Å². The van der Waals surface area contributed by atoms with Crippen LogP contribution in [-0.2, 0) is 10.0 Å². The number of rotatable bonds is 8. The van der Waals surface area contributed by atoms with E-state index in [2.05, 4.69) is 38.1 Å². The minimum Gasteiger partial charge on any atom is -0.497 e. The summed E-state index contributed by atoms with van der Waals surface area (Å²) >= 11 is 1.67. The second-order valence-corrected chi connectivity index (χ2v) is 11.1. The summed E-state index contributed by atoms with van der Waals surface area (Å²) in [5.41, 5.74) is 2.21. The van der Waals surface area contributed by atoms with Gasteiger partial charge < -0.3 is 9.64 Å². The fourth-order valence-corrected chi connectivity index (χ4v) is 6.56. The zero-order chi connectivity index (χ0) is 23.4. The topological polar surface area (TPSA) is 61.9 Å². The molecule has 0 spiro atoms. The summed E-state index contributed by atoms with van der Waals surface area (Å²) in [7, 11) is -1.93. The minimum atomic E-state index is -3.61. The molecule has 33 heavy (non-hydrogen) atoms. The van der Waals surface area contributed by atoms with Crippen LogP contribution in [0, 0.1) is 6.92 Å². The number of ether oxygens (including phenoxy) is 1. The number of methoxy groups -OCH3 is 1. The van der Waals surface area contributed by atoms with Crippen molar-refractivity contribution in [3.63, 3.8) is 0 Å². The SMILES string of the molecule is COc1ccc(N2CCN([C@H](c3cccs3)[C@H](C)NS(=O)(=O)c3ccc(C)cc3)CC2)cc1. The van der Waals surface area contributed by atoms with Crippen LogP contribution >= 0.6 is 11.3 Å². The number of hydrogen-bond acceptors (Lipinski definition) is 6. The Morgan fingerprint density at radius 2 is 1.64 bits per heavy atom. The number of piperazine rings is 1. The zero-order valence-electron chi connectivity index (χ0n) is 19.3. The molecule has 1 aliphatic heterocycles. The lowest BCUT2D eigenvalue weighted by Crippen LogP contribution is -2.52. The van der Waals surface area contributed by atoms with Gasteiger partial charge in [0, 0.05) is 42.8 Å². The van der Waals surface area contributed by atoms with Crippen molar-refractivity contribution in [2.45, 2.75) is 30.8 Å². The first-order valence-corrected chi connectivity index (χ1v) is 13.5. The molecule has 2 aromatic carbocycles. The summed E-state index contributed by atoms with van der Waals surface area (Å²) in [5, 5.41) is 2.05. The highest BCUT2D eigenvalue weighted by molar-refractivity contribution is 7.89. The number of thiophene rings is 1. The van der Waals surface area contributed by atoms with Crippen LogP contribution in [0.15, 0.2) is 70.9 Å². The largest absolute Gasteiger partial charge is 0.497 e. The molecule has 1 aromatic heterocycles. The van der Waals surface area contributed by atoms with Gasteiger partial charge in [-0.1, -0.05) is 23.8 Å². The number of nitrogens with zero attached hydrogens (tertiary/aromatic N) is 2. The van der Waals surface area contributed by atoms with Crippen molar-refractivity contribution in [1.82, 2.24) is 9.62 Å². The van der Waals surface area contributed by atoms with E-state index in [0.29, 0.717) is 4.90 Å². The molecule has 1 N–H and O–H groups in total. The van der Waals surface area contributed by atoms with E-state index in [1.165, 1.54) is 10.6 Å². The monoisotopic (exact) mass is 485 g/mol. The predicted molar refractivity (Wildman–Crippen MR) is 135 cm³/mol. The van der Waals surface area contributed by atoms with Crippen LogP contribution in [0.4, 0.5) is 5.69 Å². The first-order chi connectivity index (χ1) is 15.9. The summed E-state index contributed by atoms with van der Waals surface area (Å²) in [6, 6.07) is 19.0. The Hall–Kier alpha value is -2.39. The van der Waals surface area contributed by atoms with Crippen molar-refractivity contribution < 1.29 is 13.2 Å². The van der Waals surface area contributed by atoms with E-state index in [0.717, 1.165) is 37.5 Å². The average molecular weight is 486 g/mol. The van der Waals surface area contributed by atoms with Gasteiger partial charge in [-0.05, 0) is 61.7 Å². The van der Waals surface area contributed by atoms with Gasteiger partial charge in [0.15, 0.2) is 0 Å². The maximum Gasteiger partial charge on any atom is 0.240 e. The number of nitrogens with one attached hydrogen (secondary N) is 1. The Balaban J connectivity index is 1.48. The number of hydrogen-bond donors (Lipinski definition) is 1. The lowest BCUT2D eigenvalue weighted by atomic mass is 10.1. The van der Waals surface area contributed by atoms with Gasteiger partial charge in [-0.3, -0.25) is 4.90 Å². The molecule has 0 amide bonds. The lowest BCUT2D eigenvalue weighted by Gasteiger charge is -2.42. The van der Waals surface area contributed by atoms with Gasteiger partial charge in [-0.2, -0.15) is 0 Å². The third-order valence-electron chi connectivity index (χ3n) is 6.13. The lowest BCUT2D eigenvalue weighted by molar-refractivity contribution is 0.164. The second-order valence-electron chi connectivity index (χ2n) is 8.40. The number of sulfonamides is 1. The van der Waals surface area contributed by atoms with Gasteiger partial charge in [-0.15, -0.1) is 11.3 Å². The molecule has 0 bridgehead atoms. The molecule has 8 heteroatoms. The number of anilines is 1. The molecule has 4 rings (SSSR count). The maximum absolute atomic E-state index is 13.1. The second kappa shape index (κ2) is 10.3. The van der Waals surface area contributed by atoms with E-state index < -0.39 is 10.0 Å². The molecular weight excluding hydrogens is 454 g/mol. The molecule has 0 radical (unpaired) electrons. The summed E-state index contributed by atoms with van der Waals surface area (Å²) in [4.78, 5) is 6.23. The number of aryl methyl sites for hydroxylation is 1. The molecular formula is C25H31N3O3S2. The summed E-state index contributed by atoms with van der Waals surface area (Å²) < 4.78 is 34.3. The molecule has 6 nitrogen and oxygen atoms in total. The first kappa shape index (κ1) is 23.8. The van der Waals surface area contributed by atoms with Crippen LogP contribution in [-0.4, -0.2) is 52.6 Å². The van der Waals surface area contributed by atoms with Gasteiger partial charge in [0.05, 0.1) is 18.0 Å². The van der Waals surface area contributed by atoms with Crippen molar-refractivity contribution in [3.8, 4) is 5.75 Å². The molecule has 1 fully saturated rings. The summed E-state index contributed by atoms with van der Waals surface area (Å²) in [6.45, 7) is 7.38. The van der Waals surface area contributed by atoms with E-state index in [4.69, 9.17) is 4.74 Å². The molecule has 176 valence electrons. The molecule has 0 unspecified atom stereocenters. The van der Waals surface area contributed by atoms with Gasteiger partial charge in [0.1, 0.15) is 5.75 Å².